The van der Waals surface area contributed by atoms with Crippen molar-refractivity contribution in [1.82, 2.24) is 4.47 Å². The zero-order valence-corrected chi connectivity index (χ0v) is 15.4. The molecule has 0 aliphatic rings. The van der Waals surface area contributed by atoms with Gasteiger partial charge in [0.1, 0.15) is 5.75 Å². The van der Waals surface area contributed by atoms with Gasteiger partial charge in [-0.3, -0.25) is 4.84 Å². The van der Waals surface area contributed by atoms with Gasteiger partial charge < -0.3 is 4.74 Å². The lowest BCUT2D eigenvalue weighted by molar-refractivity contribution is -0.0258. The van der Waals surface area contributed by atoms with Gasteiger partial charge in [0.05, 0.1) is 17.6 Å². The van der Waals surface area contributed by atoms with E-state index in [1.54, 1.807) is 18.2 Å². The van der Waals surface area contributed by atoms with Crippen LogP contribution in [0.1, 0.15) is 10.4 Å². The van der Waals surface area contributed by atoms with Crippen molar-refractivity contribution in [3.8, 4) is 5.75 Å². The highest BCUT2D eigenvalue weighted by molar-refractivity contribution is 14.1. The Hall–Kier alpha value is -1.49. The standard InChI is InChI=1S/C15H14INO5S/c1-17(21-2)23(19,20)14-8-3-5-11(9-14)15(18)22-13-7-4-6-12(16)10-13/h3-10H,1-2H3. The molecule has 0 saturated heterocycles. The van der Waals surface area contributed by atoms with Gasteiger partial charge in [0, 0.05) is 10.6 Å². The van der Waals surface area contributed by atoms with E-state index in [9.17, 15) is 13.2 Å². The van der Waals surface area contributed by atoms with Crippen LogP contribution in [0.3, 0.4) is 0 Å². The third kappa shape index (κ3) is 4.28. The Bertz CT molecular complexity index is 822. The van der Waals surface area contributed by atoms with Crippen molar-refractivity contribution in [1.29, 1.82) is 0 Å². The molecule has 8 heteroatoms. The van der Waals surface area contributed by atoms with E-state index < -0.39 is 16.0 Å². The van der Waals surface area contributed by atoms with E-state index in [0.717, 1.165) is 8.04 Å². The minimum absolute atomic E-state index is 0.0565. The van der Waals surface area contributed by atoms with Crippen molar-refractivity contribution < 1.29 is 22.8 Å². The van der Waals surface area contributed by atoms with E-state index in [4.69, 9.17) is 9.57 Å². The number of carbonyl (C=O) groups is 1. The average Bonchev–Trinajstić information content (AvgIpc) is 2.54. The van der Waals surface area contributed by atoms with Crippen molar-refractivity contribution in [2.24, 2.45) is 0 Å². The molecule has 0 unspecified atom stereocenters. The van der Waals surface area contributed by atoms with Crippen LogP contribution in [0.5, 0.6) is 5.75 Å². The molecule has 6 nitrogen and oxygen atoms in total. The van der Waals surface area contributed by atoms with Crippen molar-refractivity contribution >= 4 is 38.6 Å². The predicted octanol–water partition coefficient (Wildman–Crippen LogP) is 2.69. The molecule has 0 atom stereocenters. The molecule has 0 saturated carbocycles. The van der Waals surface area contributed by atoms with Gasteiger partial charge in [0.15, 0.2) is 0 Å². The molecule has 0 amide bonds. The molecule has 2 aromatic carbocycles. The van der Waals surface area contributed by atoms with Gasteiger partial charge in [-0.15, -0.1) is 0 Å². The second-order valence-electron chi connectivity index (χ2n) is 4.47. The Morgan fingerprint density at radius 2 is 1.83 bits per heavy atom. The largest absolute Gasteiger partial charge is 0.423 e. The highest BCUT2D eigenvalue weighted by Gasteiger charge is 2.22. The first-order valence-corrected chi connectivity index (χ1v) is 8.97. The average molecular weight is 447 g/mol. The first-order valence-electron chi connectivity index (χ1n) is 6.45. The summed E-state index contributed by atoms with van der Waals surface area (Å²) in [6.07, 6.45) is 0. The van der Waals surface area contributed by atoms with Gasteiger partial charge in [-0.25, -0.2) is 13.2 Å². The number of carbonyl (C=O) groups excluding carboxylic acids is 1. The van der Waals surface area contributed by atoms with Gasteiger partial charge in [-0.2, -0.15) is 0 Å². The van der Waals surface area contributed by atoms with Gasteiger partial charge in [0.2, 0.25) is 0 Å². The second kappa shape index (κ2) is 7.39. The molecule has 0 fully saturated rings. The van der Waals surface area contributed by atoms with Crippen molar-refractivity contribution in [2.45, 2.75) is 4.90 Å². The summed E-state index contributed by atoms with van der Waals surface area (Å²) in [5.41, 5.74) is 0.134. The van der Waals surface area contributed by atoms with Crippen LogP contribution in [0.2, 0.25) is 0 Å². The van der Waals surface area contributed by atoms with Crippen molar-refractivity contribution in [3.05, 3.63) is 57.7 Å². The summed E-state index contributed by atoms with van der Waals surface area (Å²) in [7, 11) is -1.31. The summed E-state index contributed by atoms with van der Waals surface area (Å²) in [5, 5.41) is 0. The molecular formula is C15H14INO5S. The molecule has 23 heavy (non-hydrogen) atoms. The highest BCUT2D eigenvalue weighted by Crippen LogP contribution is 2.19. The van der Waals surface area contributed by atoms with Crippen molar-refractivity contribution in [2.75, 3.05) is 14.2 Å². The number of hydroxylamine groups is 1. The second-order valence-corrected chi connectivity index (χ2v) is 7.65. The minimum atomic E-state index is -3.82. The van der Waals surface area contributed by atoms with Gasteiger partial charge >= 0.3 is 5.97 Å². The van der Waals surface area contributed by atoms with Gasteiger partial charge in [-0.1, -0.05) is 16.6 Å². The summed E-state index contributed by atoms with van der Waals surface area (Å²) in [6.45, 7) is 0. The molecule has 2 rings (SSSR count). The summed E-state index contributed by atoms with van der Waals surface area (Å²) in [6, 6.07) is 12.6. The monoisotopic (exact) mass is 447 g/mol. The zero-order chi connectivity index (χ0) is 17.0. The Morgan fingerprint density at radius 1 is 1.13 bits per heavy atom. The molecule has 0 aliphatic carbocycles. The fourth-order valence-electron chi connectivity index (χ4n) is 1.73. The number of rotatable bonds is 5. The first-order chi connectivity index (χ1) is 10.8. The maximum Gasteiger partial charge on any atom is 0.343 e. The topological polar surface area (TPSA) is 72.9 Å². The lowest BCUT2D eigenvalue weighted by atomic mass is 10.2. The van der Waals surface area contributed by atoms with E-state index in [1.165, 1.54) is 38.4 Å². The van der Waals surface area contributed by atoms with E-state index >= 15 is 0 Å². The molecule has 0 aliphatic heterocycles. The molecule has 2 aromatic rings. The SMILES string of the molecule is CON(C)S(=O)(=O)c1cccc(C(=O)Oc2cccc(I)c2)c1. The Labute approximate surface area is 148 Å². The van der Waals surface area contributed by atoms with Crippen LogP contribution < -0.4 is 4.74 Å². The Kier molecular flexibility index (Phi) is 5.74. The summed E-state index contributed by atoms with van der Waals surface area (Å²) in [5.74, 6) is -0.242. The molecule has 0 aromatic heterocycles. The van der Waals surface area contributed by atoms with Crippen LogP contribution in [0.4, 0.5) is 0 Å². The summed E-state index contributed by atoms with van der Waals surface area (Å²) >= 11 is 2.10. The van der Waals surface area contributed by atoms with Gasteiger partial charge in [-0.05, 0) is 59.0 Å². The Balaban J connectivity index is 2.28. The van der Waals surface area contributed by atoms with Crippen LogP contribution in [-0.4, -0.2) is 33.0 Å². The zero-order valence-electron chi connectivity index (χ0n) is 12.4. The van der Waals surface area contributed by atoms with Crippen LogP contribution in [0.15, 0.2) is 53.4 Å². The molecule has 0 radical (unpaired) electrons. The van der Waals surface area contributed by atoms with Crippen LogP contribution >= 0.6 is 22.6 Å². The lowest BCUT2D eigenvalue weighted by Crippen LogP contribution is -2.26. The molecule has 122 valence electrons. The minimum Gasteiger partial charge on any atom is -0.423 e. The maximum absolute atomic E-state index is 12.2. The predicted molar refractivity (Wildman–Crippen MR) is 92.5 cm³/mol. The van der Waals surface area contributed by atoms with Crippen LogP contribution in [0.25, 0.3) is 0 Å². The third-order valence-corrected chi connectivity index (χ3v) is 5.32. The van der Waals surface area contributed by atoms with Crippen LogP contribution in [-0.2, 0) is 14.9 Å². The third-order valence-electron chi connectivity index (χ3n) is 2.97. The molecular weight excluding hydrogens is 433 g/mol. The number of nitrogens with zero attached hydrogens (tertiary/aromatic N) is 1. The van der Waals surface area contributed by atoms with E-state index in [-0.39, 0.29) is 10.5 Å². The van der Waals surface area contributed by atoms with E-state index in [2.05, 4.69) is 22.6 Å². The molecule has 0 spiro atoms. The molecule has 0 bridgehead atoms. The highest BCUT2D eigenvalue weighted by atomic mass is 127. The number of sulfonamides is 1. The lowest BCUT2D eigenvalue weighted by Gasteiger charge is -2.14. The van der Waals surface area contributed by atoms with E-state index in [1.807, 2.05) is 6.07 Å². The quantitative estimate of drug-likeness (QED) is 0.305. The fourth-order valence-corrected chi connectivity index (χ4v) is 3.26. The maximum atomic E-state index is 12.2. The van der Waals surface area contributed by atoms with Crippen LogP contribution in [0, 0.1) is 3.57 Å². The van der Waals surface area contributed by atoms with Gasteiger partial charge in [0.25, 0.3) is 10.0 Å². The van der Waals surface area contributed by atoms with Crippen molar-refractivity contribution in [3.63, 3.8) is 0 Å². The smallest absolute Gasteiger partial charge is 0.343 e. The summed E-state index contributed by atoms with van der Waals surface area (Å²) in [4.78, 5) is 16.8. The summed E-state index contributed by atoms with van der Waals surface area (Å²) < 4.78 is 31.3. The molecule has 0 heterocycles. The number of halogens is 1. The number of benzene rings is 2. The Morgan fingerprint density at radius 3 is 2.48 bits per heavy atom. The number of ether oxygens (including phenoxy) is 1. The van der Waals surface area contributed by atoms with E-state index in [0.29, 0.717) is 5.75 Å². The molecule has 0 N–H and O–H groups in total. The first kappa shape index (κ1) is 17.9. The number of hydrogen-bond donors (Lipinski definition) is 0. The fraction of sp³-hybridized carbons (Fsp3) is 0.133. The normalized spacial score (nSPS) is 11.5. The number of hydrogen-bond acceptors (Lipinski definition) is 5. The number of esters is 1.